The first-order valence-electron chi connectivity index (χ1n) is 5.75. The second-order valence-corrected chi connectivity index (χ2v) is 8.02. The summed E-state index contributed by atoms with van der Waals surface area (Å²) in [5, 5.41) is 7.98. The Kier molecular flexibility index (Phi) is 3.76. The van der Waals surface area contributed by atoms with Gasteiger partial charge in [0.05, 0.1) is 16.9 Å². The van der Waals surface area contributed by atoms with Crippen molar-refractivity contribution in [1.82, 2.24) is 4.72 Å². The van der Waals surface area contributed by atoms with Gasteiger partial charge in [-0.15, -0.1) is 0 Å². The van der Waals surface area contributed by atoms with E-state index in [4.69, 9.17) is 16.7 Å². The number of nitrogens with two attached hydrogens (primary N) is 1. The van der Waals surface area contributed by atoms with Gasteiger partial charge in [-0.25, -0.2) is 22.0 Å². The molecule has 2 rings (SSSR count). The van der Waals surface area contributed by atoms with Crippen LogP contribution in [-0.2, 0) is 26.5 Å². The molecule has 0 saturated heterocycles. The van der Waals surface area contributed by atoms with Crippen LogP contribution in [0, 0.1) is 0 Å². The predicted octanol–water partition coefficient (Wildman–Crippen LogP) is 0.600. The number of nitrogens with one attached hydrogen (secondary N) is 2. The fourth-order valence-electron chi connectivity index (χ4n) is 2.11. The zero-order valence-electron chi connectivity index (χ0n) is 10.8. The number of sulfonamides is 2. The summed E-state index contributed by atoms with van der Waals surface area (Å²) in [4.78, 5) is -0.558. The topological polar surface area (TPSA) is 118 Å². The highest BCUT2D eigenvalue weighted by Gasteiger charge is 2.32. The number of primary sulfonamides is 1. The SMILES string of the molecule is CCc1c(Cl)c(S(N)(=O)=O)cc2c1NC(C)NS2(=O)=O. The van der Waals surface area contributed by atoms with Gasteiger partial charge in [-0.3, -0.25) is 0 Å². The van der Waals surface area contributed by atoms with E-state index in [1.165, 1.54) is 0 Å². The number of hydrogen-bond acceptors (Lipinski definition) is 5. The van der Waals surface area contributed by atoms with Crippen molar-refractivity contribution >= 4 is 37.3 Å². The number of halogens is 1. The van der Waals surface area contributed by atoms with Crippen molar-refractivity contribution in [3.63, 3.8) is 0 Å². The minimum Gasteiger partial charge on any atom is -0.368 e. The molecule has 1 aromatic rings. The molecule has 0 aliphatic carbocycles. The molecule has 1 unspecified atom stereocenters. The Bertz CT molecular complexity index is 774. The minimum atomic E-state index is -4.12. The average Bonchev–Trinajstić information content (AvgIpc) is 2.25. The van der Waals surface area contributed by atoms with Gasteiger partial charge in [0.25, 0.3) is 0 Å². The first kappa shape index (κ1) is 15.5. The van der Waals surface area contributed by atoms with Crippen molar-refractivity contribution in [2.45, 2.75) is 36.2 Å². The minimum absolute atomic E-state index is 0.0504. The molecule has 0 amide bonds. The first-order chi connectivity index (χ1) is 9.08. The van der Waals surface area contributed by atoms with E-state index in [2.05, 4.69) is 10.0 Å². The van der Waals surface area contributed by atoms with E-state index < -0.39 is 31.1 Å². The fraction of sp³-hybridized carbons (Fsp3) is 0.400. The van der Waals surface area contributed by atoms with Crippen LogP contribution in [0.3, 0.4) is 0 Å². The molecule has 1 aliphatic heterocycles. The maximum atomic E-state index is 12.1. The van der Waals surface area contributed by atoms with Crippen LogP contribution in [0.5, 0.6) is 0 Å². The lowest BCUT2D eigenvalue weighted by Gasteiger charge is -2.28. The third kappa shape index (κ3) is 2.51. The molecule has 0 aromatic heterocycles. The maximum Gasteiger partial charge on any atom is 0.244 e. The highest BCUT2D eigenvalue weighted by Crippen LogP contribution is 2.38. The second-order valence-electron chi connectivity index (χ2n) is 4.43. The molecule has 10 heteroatoms. The van der Waals surface area contributed by atoms with Crippen molar-refractivity contribution in [2.75, 3.05) is 5.32 Å². The van der Waals surface area contributed by atoms with Gasteiger partial charge in [-0.1, -0.05) is 18.5 Å². The molecular weight excluding hydrogens is 326 g/mol. The number of hydrogen-bond donors (Lipinski definition) is 3. The lowest BCUT2D eigenvalue weighted by molar-refractivity contribution is 0.564. The summed E-state index contributed by atoms with van der Waals surface area (Å²) in [5.74, 6) is 0. The molecule has 7 nitrogen and oxygen atoms in total. The van der Waals surface area contributed by atoms with Gasteiger partial charge < -0.3 is 5.32 Å². The van der Waals surface area contributed by atoms with Gasteiger partial charge in [0, 0.05) is 0 Å². The normalized spacial score (nSPS) is 21.1. The number of fused-ring (bicyclic) bond motifs is 1. The molecule has 1 heterocycles. The zero-order valence-corrected chi connectivity index (χ0v) is 13.2. The summed E-state index contributed by atoms with van der Waals surface area (Å²) >= 11 is 6.06. The first-order valence-corrected chi connectivity index (χ1v) is 9.15. The van der Waals surface area contributed by atoms with E-state index in [-0.39, 0.29) is 9.92 Å². The van der Waals surface area contributed by atoms with Gasteiger partial charge in [-0.2, -0.15) is 4.72 Å². The Balaban J connectivity index is 2.91. The molecule has 0 bridgehead atoms. The lowest BCUT2D eigenvalue weighted by atomic mass is 10.1. The van der Waals surface area contributed by atoms with Crippen molar-refractivity contribution in [3.8, 4) is 0 Å². The summed E-state index contributed by atoms with van der Waals surface area (Å²) < 4.78 is 49.6. The summed E-state index contributed by atoms with van der Waals surface area (Å²) in [6.45, 7) is 3.37. The van der Waals surface area contributed by atoms with E-state index in [1.54, 1.807) is 13.8 Å². The maximum absolute atomic E-state index is 12.1. The second kappa shape index (κ2) is 4.85. The van der Waals surface area contributed by atoms with Gasteiger partial charge in [0.2, 0.25) is 20.0 Å². The highest BCUT2D eigenvalue weighted by atomic mass is 35.5. The highest BCUT2D eigenvalue weighted by molar-refractivity contribution is 7.90. The molecule has 0 spiro atoms. The van der Waals surface area contributed by atoms with Crippen LogP contribution in [-0.4, -0.2) is 23.0 Å². The molecule has 0 saturated carbocycles. The number of benzene rings is 1. The molecule has 0 radical (unpaired) electrons. The van der Waals surface area contributed by atoms with Crippen LogP contribution >= 0.6 is 11.6 Å². The van der Waals surface area contributed by atoms with E-state index in [1.807, 2.05) is 0 Å². The zero-order chi connectivity index (χ0) is 15.3. The Morgan fingerprint density at radius 2 is 2.05 bits per heavy atom. The fourth-order valence-corrected chi connectivity index (χ4v) is 4.82. The van der Waals surface area contributed by atoms with E-state index in [9.17, 15) is 16.8 Å². The van der Waals surface area contributed by atoms with Gasteiger partial charge in [0.1, 0.15) is 9.79 Å². The Morgan fingerprint density at radius 3 is 2.55 bits per heavy atom. The molecule has 1 aromatic carbocycles. The number of anilines is 1. The molecule has 0 fully saturated rings. The van der Waals surface area contributed by atoms with Crippen LogP contribution in [0.25, 0.3) is 0 Å². The van der Waals surface area contributed by atoms with Crippen LogP contribution in [0.1, 0.15) is 19.4 Å². The standard InChI is InChI=1S/C10H14ClN3O4S2/c1-3-6-9(11)7(19(12,15)16)4-8-10(6)13-5(2)14-20(8,17)18/h4-5,13-14H,3H2,1-2H3,(H2,12,15,16). The van der Waals surface area contributed by atoms with Crippen LogP contribution < -0.4 is 15.2 Å². The largest absolute Gasteiger partial charge is 0.368 e. The van der Waals surface area contributed by atoms with E-state index in [0.717, 1.165) is 6.07 Å². The van der Waals surface area contributed by atoms with Crippen LogP contribution in [0.15, 0.2) is 15.9 Å². The molecule has 1 atom stereocenters. The predicted molar refractivity (Wildman–Crippen MR) is 75.6 cm³/mol. The molecule has 112 valence electrons. The summed E-state index contributed by atoms with van der Waals surface area (Å²) in [5.41, 5.74) is 0.723. The smallest absolute Gasteiger partial charge is 0.244 e. The monoisotopic (exact) mass is 339 g/mol. The van der Waals surface area contributed by atoms with Crippen molar-refractivity contribution in [3.05, 3.63) is 16.7 Å². The van der Waals surface area contributed by atoms with Gasteiger partial charge >= 0.3 is 0 Å². The van der Waals surface area contributed by atoms with Crippen molar-refractivity contribution in [2.24, 2.45) is 5.14 Å². The van der Waals surface area contributed by atoms with E-state index >= 15 is 0 Å². The quantitative estimate of drug-likeness (QED) is 0.729. The molecule has 20 heavy (non-hydrogen) atoms. The van der Waals surface area contributed by atoms with Crippen LogP contribution in [0.2, 0.25) is 5.02 Å². The number of rotatable bonds is 2. The Labute approximate surface area is 122 Å². The molecular formula is C10H14ClN3O4S2. The molecule has 1 aliphatic rings. The summed E-state index contributed by atoms with van der Waals surface area (Å²) in [6, 6.07) is 0.980. The third-order valence-electron chi connectivity index (χ3n) is 2.93. The van der Waals surface area contributed by atoms with Gasteiger partial charge in [-0.05, 0) is 25.0 Å². The Morgan fingerprint density at radius 1 is 1.45 bits per heavy atom. The lowest BCUT2D eigenvalue weighted by Crippen LogP contribution is -2.43. The molecule has 4 N–H and O–H groups in total. The van der Waals surface area contributed by atoms with E-state index in [0.29, 0.717) is 17.7 Å². The third-order valence-corrected chi connectivity index (χ3v) is 5.98. The van der Waals surface area contributed by atoms with Crippen molar-refractivity contribution < 1.29 is 16.8 Å². The summed E-state index contributed by atoms with van der Waals surface area (Å²) in [6.07, 6.45) is -0.158. The summed E-state index contributed by atoms with van der Waals surface area (Å²) in [7, 11) is -7.93. The van der Waals surface area contributed by atoms with Gasteiger partial charge in [0.15, 0.2) is 0 Å². The average molecular weight is 340 g/mol. The van der Waals surface area contributed by atoms with Crippen molar-refractivity contribution in [1.29, 1.82) is 0 Å². The Hall–Kier alpha value is -0.870. The van der Waals surface area contributed by atoms with Crippen LogP contribution in [0.4, 0.5) is 5.69 Å².